The zero-order chi connectivity index (χ0) is 19.3. The molecule has 26 heavy (non-hydrogen) atoms. The van der Waals surface area contributed by atoms with Gasteiger partial charge in [0.05, 0.1) is 30.8 Å². The molecule has 0 spiro atoms. The molecular formula is C17H23N5O4. The second-order valence-electron chi connectivity index (χ2n) is 6.21. The number of carbonyl (C=O) groups is 1. The lowest BCUT2D eigenvalue weighted by atomic mass is 10.2. The molecule has 1 N–H and O–H groups in total. The van der Waals surface area contributed by atoms with Crippen LogP contribution >= 0.6 is 0 Å². The van der Waals surface area contributed by atoms with Crippen LogP contribution in [0.5, 0.6) is 5.75 Å². The number of aromatic nitrogens is 2. The number of ether oxygens (including phenoxy) is 1. The van der Waals surface area contributed by atoms with E-state index in [2.05, 4.69) is 10.4 Å². The molecule has 0 saturated carbocycles. The molecule has 140 valence electrons. The topological polar surface area (TPSA) is 103 Å². The summed E-state index contributed by atoms with van der Waals surface area (Å²) in [5, 5.41) is 18.0. The van der Waals surface area contributed by atoms with Crippen molar-refractivity contribution in [1.82, 2.24) is 14.7 Å². The van der Waals surface area contributed by atoms with E-state index in [0.717, 1.165) is 5.56 Å². The van der Waals surface area contributed by atoms with Crippen LogP contribution in [-0.4, -0.2) is 45.2 Å². The van der Waals surface area contributed by atoms with Gasteiger partial charge in [0.1, 0.15) is 11.4 Å². The average molecular weight is 361 g/mol. The summed E-state index contributed by atoms with van der Waals surface area (Å²) < 4.78 is 6.70. The molecule has 0 aliphatic carbocycles. The van der Waals surface area contributed by atoms with Gasteiger partial charge < -0.3 is 10.1 Å². The smallest absolute Gasteiger partial charge is 0.296 e. The van der Waals surface area contributed by atoms with Crippen LogP contribution in [0.2, 0.25) is 0 Å². The second-order valence-corrected chi connectivity index (χ2v) is 6.21. The third-order valence-corrected chi connectivity index (χ3v) is 3.90. The highest BCUT2D eigenvalue weighted by molar-refractivity contribution is 5.94. The van der Waals surface area contributed by atoms with Gasteiger partial charge in [0.2, 0.25) is 5.91 Å². The van der Waals surface area contributed by atoms with E-state index in [0.29, 0.717) is 12.3 Å². The number of nitrogens with zero attached hydrogens (tertiary/aromatic N) is 4. The fourth-order valence-electron chi connectivity index (χ4n) is 2.48. The number of rotatable bonds is 8. The van der Waals surface area contributed by atoms with E-state index in [1.807, 2.05) is 32.0 Å². The minimum atomic E-state index is -0.548. The van der Waals surface area contributed by atoms with Crippen LogP contribution < -0.4 is 10.1 Å². The number of nitro groups is 1. The van der Waals surface area contributed by atoms with Gasteiger partial charge in [-0.2, -0.15) is 5.10 Å². The van der Waals surface area contributed by atoms with Crippen molar-refractivity contribution in [2.75, 3.05) is 19.0 Å². The number of aryl methyl sites for hydroxylation is 1. The first kappa shape index (κ1) is 19.4. The van der Waals surface area contributed by atoms with Crippen molar-refractivity contribution in [2.45, 2.75) is 26.4 Å². The Bertz CT molecular complexity index is 787. The third kappa shape index (κ3) is 5.03. The number of hydrogen-bond donors (Lipinski definition) is 1. The summed E-state index contributed by atoms with van der Waals surface area (Å²) in [6.07, 6.45) is 3.64. The lowest BCUT2D eigenvalue weighted by Gasteiger charge is -2.25. The van der Waals surface area contributed by atoms with Crippen LogP contribution in [0.1, 0.15) is 19.4 Å². The molecule has 0 unspecified atom stereocenters. The third-order valence-electron chi connectivity index (χ3n) is 3.90. The maximum atomic E-state index is 12.4. The summed E-state index contributed by atoms with van der Waals surface area (Å²) in [6, 6.07) is 4.44. The average Bonchev–Trinajstić information content (AvgIpc) is 2.99. The molecular weight excluding hydrogens is 338 g/mol. The van der Waals surface area contributed by atoms with Crippen molar-refractivity contribution in [2.24, 2.45) is 7.05 Å². The highest BCUT2D eigenvalue weighted by atomic mass is 16.6. The van der Waals surface area contributed by atoms with Gasteiger partial charge in [-0.05, 0) is 26.0 Å². The zero-order valence-electron chi connectivity index (χ0n) is 15.3. The molecule has 2 rings (SSSR count). The highest BCUT2D eigenvalue weighted by Gasteiger charge is 2.20. The molecule has 1 amide bonds. The van der Waals surface area contributed by atoms with E-state index in [4.69, 9.17) is 4.74 Å². The Morgan fingerprint density at radius 1 is 1.46 bits per heavy atom. The van der Waals surface area contributed by atoms with Gasteiger partial charge in [0.25, 0.3) is 5.69 Å². The Balaban J connectivity index is 2.09. The molecule has 2 aromatic rings. The largest absolute Gasteiger partial charge is 0.496 e. The SMILES string of the molecule is COc1ccc(NC(=O)CN(Cc2cnn(C)c2)C(C)C)c([N+](=O)[O-])c1. The Kier molecular flexibility index (Phi) is 6.29. The minimum absolute atomic E-state index is 0.107. The Labute approximate surface area is 151 Å². The van der Waals surface area contributed by atoms with Crippen molar-refractivity contribution in [3.8, 4) is 5.75 Å². The molecule has 0 saturated heterocycles. The quantitative estimate of drug-likeness (QED) is 0.571. The predicted molar refractivity (Wildman–Crippen MR) is 97.0 cm³/mol. The lowest BCUT2D eigenvalue weighted by Crippen LogP contribution is -2.37. The summed E-state index contributed by atoms with van der Waals surface area (Å²) in [7, 11) is 3.26. The molecule has 0 aliphatic heterocycles. The van der Waals surface area contributed by atoms with Crippen LogP contribution in [0.15, 0.2) is 30.6 Å². The van der Waals surface area contributed by atoms with Crippen LogP contribution in [0.4, 0.5) is 11.4 Å². The first-order valence-corrected chi connectivity index (χ1v) is 8.14. The molecule has 0 atom stereocenters. The predicted octanol–water partition coefficient (Wildman–Crippen LogP) is 2.19. The van der Waals surface area contributed by atoms with Crippen molar-refractivity contribution in [3.63, 3.8) is 0 Å². The molecule has 0 aliphatic rings. The molecule has 1 heterocycles. The van der Waals surface area contributed by atoms with Crippen molar-refractivity contribution >= 4 is 17.3 Å². The lowest BCUT2D eigenvalue weighted by molar-refractivity contribution is -0.384. The number of benzene rings is 1. The fraction of sp³-hybridized carbons (Fsp3) is 0.412. The number of amides is 1. The molecule has 9 nitrogen and oxygen atoms in total. The summed E-state index contributed by atoms with van der Waals surface area (Å²) in [5.41, 5.74) is 0.927. The van der Waals surface area contributed by atoms with Gasteiger partial charge in [-0.1, -0.05) is 0 Å². The first-order valence-electron chi connectivity index (χ1n) is 8.14. The first-order chi connectivity index (χ1) is 12.3. The Morgan fingerprint density at radius 3 is 2.73 bits per heavy atom. The molecule has 0 bridgehead atoms. The zero-order valence-corrected chi connectivity index (χ0v) is 15.3. The van der Waals surface area contributed by atoms with Crippen LogP contribution in [0, 0.1) is 10.1 Å². The number of hydrogen-bond acceptors (Lipinski definition) is 6. The highest BCUT2D eigenvalue weighted by Crippen LogP contribution is 2.28. The van der Waals surface area contributed by atoms with Gasteiger partial charge in [0, 0.05) is 31.4 Å². The number of methoxy groups -OCH3 is 1. The number of anilines is 1. The van der Waals surface area contributed by atoms with Crippen LogP contribution in [-0.2, 0) is 18.4 Å². The fourth-order valence-corrected chi connectivity index (χ4v) is 2.48. The van der Waals surface area contributed by atoms with Crippen LogP contribution in [0.3, 0.4) is 0 Å². The Hall–Kier alpha value is -2.94. The van der Waals surface area contributed by atoms with Crippen LogP contribution in [0.25, 0.3) is 0 Å². The second kappa shape index (κ2) is 8.43. The normalized spacial score (nSPS) is 11.0. The summed E-state index contributed by atoms with van der Waals surface area (Å²) in [5.74, 6) is 0.0333. The molecule has 0 fully saturated rings. The maximum absolute atomic E-state index is 12.4. The van der Waals surface area contributed by atoms with Gasteiger partial charge in [0.15, 0.2) is 0 Å². The molecule has 1 aromatic heterocycles. The minimum Gasteiger partial charge on any atom is -0.496 e. The molecule has 0 radical (unpaired) electrons. The van der Waals surface area contributed by atoms with Gasteiger partial charge >= 0.3 is 0 Å². The van der Waals surface area contributed by atoms with E-state index in [9.17, 15) is 14.9 Å². The maximum Gasteiger partial charge on any atom is 0.296 e. The van der Waals surface area contributed by atoms with Gasteiger partial charge in [-0.25, -0.2) is 0 Å². The summed E-state index contributed by atoms with van der Waals surface area (Å²) in [4.78, 5) is 25.1. The number of nitro benzene ring substituents is 1. The summed E-state index contributed by atoms with van der Waals surface area (Å²) in [6.45, 7) is 4.64. The van der Waals surface area contributed by atoms with E-state index >= 15 is 0 Å². The van der Waals surface area contributed by atoms with Gasteiger partial charge in [-0.15, -0.1) is 0 Å². The monoisotopic (exact) mass is 361 g/mol. The summed E-state index contributed by atoms with van der Waals surface area (Å²) >= 11 is 0. The number of carbonyl (C=O) groups excluding carboxylic acids is 1. The van der Waals surface area contributed by atoms with E-state index in [1.165, 1.54) is 19.2 Å². The van der Waals surface area contributed by atoms with Gasteiger partial charge in [-0.3, -0.25) is 24.5 Å². The standard InChI is InChI=1S/C17H23N5O4/c1-12(2)21(10-13-8-18-20(3)9-13)11-17(23)19-15-6-5-14(26-4)7-16(15)22(24)25/h5-9,12H,10-11H2,1-4H3,(H,19,23). The van der Waals surface area contributed by atoms with Crippen molar-refractivity contribution in [3.05, 3.63) is 46.3 Å². The van der Waals surface area contributed by atoms with E-state index in [1.54, 1.807) is 16.9 Å². The molecule has 9 heteroatoms. The van der Waals surface area contributed by atoms with Crippen molar-refractivity contribution in [1.29, 1.82) is 0 Å². The molecule has 1 aromatic carbocycles. The van der Waals surface area contributed by atoms with Crippen molar-refractivity contribution < 1.29 is 14.5 Å². The Morgan fingerprint density at radius 2 is 2.19 bits per heavy atom. The number of nitrogens with one attached hydrogen (secondary N) is 1. The van der Waals surface area contributed by atoms with E-state index in [-0.39, 0.29) is 29.9 Å². The van der Waals surface area contributed by atoms with E-state index < -0.39 is 4.92 Å².